The molecule has 0 bridgehead atoms. The summed E-state index contributed by atoms with van der Waals surface area (Å²) in [5, 5.41) is 2.81. The van der Waals surface area contributed by atoms with Crippen LogP contribution in [-0.2, 0) is 14.3 Å². The highest BCUT2D eigenvalue weighted by Gasteiger charge is 2.11. The molecule has 0 unspecified atom stereocenters. The Morgan fingerprint density at radius 2 is 2.00 bits per heavy atom. The lowest BCUT2D eigenvalue weighted by Gasteiger charge is -2.15. The third-order valence-corrected chi connectivity index (χ3v) is 4.16. The maximum atomic E-state index is 11.9. The fourth-order valence-electron chi connectivity index (χ4n) is 2.15. The molecule has 1 atom stereocenters. The maximum Gasteiger partial charge on any atom is 0.331 e. The molecule has 2 aromatic rings. The first-order valence-corrected chi connectivity index (χ1v) is 8.61. The minimum atomic E-state index is -0.610. The number of hydrogen-bond acceptors (Lipinski definition) is 4. The molecule has 0 spiro atoms. The second kappa shape index (κ2) is 8.67. The molecule has 0 saturated carbocycles. The monoisotopic (exact) mass is 405 g/mol. The lowest BCUT2D eigenvalue weighted by Crippen LogP contribution is -2.31. The molecular formula is C19H20BrNO4. The minimum absolute atomic E-state index is 0.165. The molecule has 0 aliphatic rings. The molecule has 5 nitrogen and oxygen atoms in total. The predicted octanol–water partition coefficient (Wildman–Crippen LogP) is 4.09. The SMILES string of the molecule is Cc1ccc([C@H](C)NC(=O)COC(=O)/C=C/c2ccc(Br)o2)cc1C. The molecule has 1 aromatic carbocycles. The van der Waals surface area contributed by atoms with Gasteiger partial charge < -0.3 is 14.5 Å². The molecule has 25 heavy (non-hydrogen) atoms. The van der Waals surface area contributed by atoms with Gasteiger partial charge in [0, 0.05) is 6.08 Å². The van der Waals surface area contributed by atoms with Gasteiger partial charge >= 0.3 is 5.97 Å². The molecule has 0 saturated heterocycles. The number of hydrogen-bond donors (Lipinski definition) is 1. The van der Waals surface area contributed by atoms with Crippen LogP contribution in [0.2, 0.25) is 0 Å². The summed E-state index contributed by atoms with van der Waals surface area (Å²) in [5.41, 5.74) is 3.37. The fourth-order valence-corrected chi connectivity index (χ4v) is 2.47. The van der Waals surface area contributed by atoms with Crippen LogP contribution in [0.25, 0.3) is 6.08 Å². The number of aryl methyl sites for hydroxylation is 2. The summed E-state index contributed by atoms with van der Waals surface area (Å²) in [6, 6.07) is 9.28. The smallest absolute Gasteiger partial charge is 0.331 e. The van der Waals surface area contributed by atoms with Crippen molar-refractivity contribution in [2.45, 2.75) is 26.8 Å². The molecule has 132 valence electrons. The van der Waals surface area contributed by atoms with Gasteiger partial charge in [0.05, 0.1) is 6.04 Å². The van der Waals surface area contributed by atoms with E-state index in [2.05, 4.69) is 21.2 Å². The zero-order valence-corrected chi connectivity index (χ0v) is 15.9. The Labute approximate surface area is 155 Å². The number of carbonyl (C=O) groups excluding carboxylic acids is 2. The molecule has 6 heteroatoms. The maximum absolute atomic E-state index is 11.9. The van der Waals surface area contributed by atoms with Gasteiger partial charge in [-0.05, 0) is 71.6 Å². The summed E-state index contributed by atoms with van der Waals surface area (Å²) >= 11 is 3.17. The Bertz CT molecular complexity index is 794. The van der Waals surface area contributed by atoms with Gasteiger partial charge in [-0.2, -0.15) is 0 Å². The van der Waals surface area contributed by atoms with E-state index < -0.39 is 5.97 Å². The number of nitrogens with one attached hydrogen (secondary N) is 1. The molecule has 1 heterocycles. The summed E-state index contributed by atoms with van der Waals surface area (Å²) in [6.07, 6.45) is 2.69. The van der Waals surface area contributed by atoms with Crippen molar-refractivity contribution < 1.29 is 18.7 Å². The normalized spacial score (nSPS) is 12.2. The first-order valence-electron chi connectivity index (χ1n) is 7.82. The van der Waals surface area contributed by atoms with Crippen LogP contribution in [0.15, 0.2) is 45.5 Å². The highest BCUT2D eigenvalue weighted by atomic mass is 79.9. The van der Waals surface area contributed by atoms with Gasteiger partial charge in [-0.15, -0.1) is 0 Å². The zero-order valence-electron chi connectivity index (χ0n) is 14.3. The van der Waals surface area contributed by atoms with E-state index in [0.29, 0.717) is 10.4 Å². The van der Waals surface area contributed by atoms with Crippen molar-refractivity contribution in [2.24, 2.45) is 0 Å². The third-order valence-electron chi connectivity index (χ3n) is 3.73. The van der Waals surface area contributed by atoms with Crippen molar-refractivity contribution in [3.05, 3.63) is 63.5 Å². The molecule has 0 aliphatic carbocycles. The lowest BCUT2D eigenvalue weighted by molar-refractivity contribution is -0.144. The quantitative estimate of drug-likeness (QED) is 0.580. The Kier molecular flexibility index (Phi) is 6.58. The lowest BCUT2D eigenvalue weighted by atomic mass is 10.0. The summed E-state index contributed by atoms with van der Waals surface area (Å²) in [5.74, 6) is -0.452. The third kappa shape index (κ3) is 5.90. The Balaban J connectivity index is 1.80. The average molecular weight is 406 g/mol. The number of ether oxygens (including phenoxy) is 1. The van der Waals surface area contributed by atoms with Crippen molar-refractivity contribution >= 4 is 33.9 Å². The van der Waals surface area contributed by atoms with Crippen LogP contribution in [0.5, 0.6) is 0 Å². The van der Waals surface area contributed by atoms with Gasteiger partial charge in [0.25, 0.3) is 5.91 Å². The van der Waals surface area contributed by atoms with Crippen molar-refractivity contribution in [1.29, 1.82) is 0 Å². The number of furan rings is 1. The zero-order chi connectivity index (χ0) is 18.4. The van der Waals surface area contributed by atoms with Crippen molar-refractivity contribution in [1.82, 2.24) is 5.32 Å². The van der Waals surface area contributed by atoms with Crippen LogP contribution < -0.4 is 5.32 Å². The fraction of sp³-hybridized carbons (Fsp3) is 0.263. The molecule has 1 N–H and O–H groups in total. The molecule has 0 radical (unpaired) electrons. The van der Waals surface area contributed by atoms with E-state index >= 15 is 0 Å². The van der Waals surface area contributed by atoms with Crippen molar-refractivity contribution in [2.75, 3.05) is 6.61 Å². The van der Waals surface area contributed by atoms with Gasteiger partial charge in [0.15, 0.2) is 11.3 Å². The standard InChI is InChI=1S/C19H20BrNO4/c1-12-4-5-15(10-13(12)2)14(3)21-18(22)11-24-19(23)9-7-16-6-8-17(20)25-16/h4-10,14H,11H2,1-3H3,(H,21,22)/b9-7+/t14-/m0/s1. The highest BCUT2D eigenvalue weighted by Crippen LogP contribution is 2.17. The highest BCUT2D eigenvalue weighted by molar-refractivity contribution is 9.10. The van der Waals surface area contributed by atoms with E-state index in [1.807, 2.05) is 39.0 Å². The molecule has 0 aliphatic heterocycles. The number of amides is 1. The Morgan fingerprint density at radius 1 is 1.24 bits per heavy atom. The first-order chi connectivity index (χ1) is 11.8. The van der Waals surface area contributed by atoms with Gasteiger partial charge in [-0.3, -0.25) is 4.79 Å². The first kappa shape index (κ1) is 19.0. The molecule has 0 fully saturated rings. The molecule has 1 aromatic heterocycles. The van der Waals surface area contributed by atoms with Gasteiger partial charge in [-0.1, -0.05) is 18.2 Å². The van der Waals surface area contributed by atoms with E-state index in [9.17, 15) is 9.59 Å². The number of rotatable bonds is 6. The number of halogens is 1. The van der Waals surface area contributed by atoms with Gasteiger partial charge in [0.1, 0.15) is 5.76 Å². The Hall–Kier alpha value is -2.34. The second-order valence-electron chi connectivity index (χ2n) is 5.72. The van der Waals surface area contributed by atoms with Crippen LogP contribution in [0.1, 0.15) is 35.4 Å². The van der Waals surface area contributed by atoms with Crippen LogP contribution in [0.4, 0.5) is 0 Å². The molecule has 2 rings (SSSR count). The summed E-state index contributed by atoms with van der Waals surface area (Å²) in [6.45, 7) is 5.62. The van der Waals surface area contributed by atoms with E-state index in [0.717, 1.165) is 5.56 Å². The van der Waals surface area contributed by atoms with E-state index in [4.69, 9.17) is 9.15 Å². The van der Waals surface area contributed by atoms with E-state index in [1.165, 1.54) is 23.3 Å². The second-order valence-corrected chi connectivity index (χ2v) is 6.50. The topological polar surface area (TPSA) is 68.5 Å². The predicted molar refractivity (Wildman–Crippen MR) is 98.9 cm³/mol. The number of esters is 1. The minimum Gasteiger partial charge on any atom is -0.452 e. The number of benzene rings is 1. The van der Waals surface area contributed by atoms with Crippen LogP contribution in [0.3, 0.4) is 0 Å². The van der Waals surface area contributed by atoms with E-state index in [-0.39, 0.29) is 18.6 Å². The largest absolute Gasteiger partial charge is 0.452 e. The van der Waals surface area contributed by atoms with Crippen LogP contribution in [-0.4, -0.2) is 18.5 Å². The number of carbonyl (C=O) groups is 2. The van der Waals surface area contributed by atoms with Crippen molar-refractivity contribution in [3.8, 4) is 0 Å². The van der Waals surface area contributed by atoms with Gasteiger partial charge in [-0.25, -0.2) is 4.79 Å². The summed E-state index contributed by atoms with van der Waals surface area (Å²) in [7, 11) is 0. The summed E-state index contributed by atoms with van der Waals surface area (Å²) < 4.78 is 10.7. The van der Waals surface area contributed by atoms with Gasteiger partial charge in [0.2, 0.25) is 0 Å². The molecular weight excluding hydrogens is 386 g/mol. The average Bonchev–Trinajstić information content (AvgIpc) is 2.99. The summed E-state index contributed by atoms with van der Waals surface area (Å²) in [4.78, 5) is 23.5. The van der Waals surface area contributed by atoms with Crippen LogP contribution >= 0.6 is 15.9 Å². The van der Waals surface area contributed by atoms with Crippen molar-refractivity contribution in [3.63, 3.8) is 0 Å². The van der Waals surface area contributed by atoms with Crippen LogP contribution in [0, 0.1) is 13.8 Å². The van der Waals surface area contributed by atoms with E-state index in [1.54, 1.807) is 12.1 Å². The molecule has 1 amide bonds. The Morgan fingerprint density at radius 3 is 2.64 bits per heavy atom.